The Balaban J connectivity index is 2.05. The first kappa shape index (κ1) is 8.69. The second-order valence-corrected chi connectivity index (χ2v) is 3.36. The van der Waals surface area contributed by atoms with Gasteiger partial charge < -0.3 is 4.74 Å². The minimum Gasteiger partial charge on any atom is -0.356 e. The first-order chi connectivity index (χ1) is 6.40. The largest absolute Gasteiger partial charge is 0.356 e. The Hall–Kier alpha value is -0.900. The van der Waals surface area contributed by atoms with Crippen LogP contribution < -0.4 is 0 Å². The molecule has 72 valence electrons. The van der Waals surface area contributed by atoms with E-state index in [9.17, 15) is 0 Å². The summed E-state index contributed by atoms with van der Waals surface area (Å²) >= 11 is 0. The van der Waals surface area contributed by atoms with Crippen LogP contribution in [-0.2, 0) is 11.2 Å². The van der Waals surface area contributed by atoms with Gasteiger partial charge in [0.15, 0.2) is 6.23 Å². The van der Waals surface area contributed by atoms with E-state index in [4.69, 9.17) is 4.74 Å². The lowest BCUT2D eigenvalue weighted by molar-refractivity contribution is -0.0405. The zero-order chi connectivity index (χ0) is 9.10. The maximum atomic E-state index is 5.58. The van der Waals surface area contributed by atoms with Gasteiger partial charge in [0.25, 0.3) is 0 Å². The first-order valence-corrected chi connectivity index (χ1v) is 4.92. The average molecular weight is 181 g/mol. The number of aryl methyl sites for hydroxylation is 1. The molecule has 1 aliphatic heterocycles. The molecule has 0 amide bonds. The lowest BCUT2D eigenvalue weighted by Gasteiger charge is -2.21. The van der Waals surface area contributed by atoms with Crippen LogP contribution in [0.15, 0.2) is 6.20 Å². The van der Waals surface area contributed by atoms with Crippen LogP contribution in [0, 0.1) is 0 Å². The van der Waals surface area contributed by atoms with Crippen LogP contribution in [0.5, 0.6) is 0 Å². The molecule has 1 saturated heterocycles. The molecule has 0 bridgehead atoms. The second kappa shape index (κ2) is 3.87. The van der Waals surface area contributed by atoms with Gasteiger partial charge in [-0.3, -0.25) is 0 Å². The van der Waals surface area contributed by atoms with Crippen LogP contribution in [0.3, 0.4) is 0 Å². The molecule has 13 heavy (non-hydrogen) atoms. The number of rotatable bonds is 2. The molecule has 4 heteroatoms. The summed E-state index contributed by atoms with van der Waals surface area (Å²) in [6, 6.07) is 0. The summed E-state index contributed by atoms with van der Waals surface area (Å²) < 4.78 is 7.43. The van der Waals surface area contributed by atoms with E-state index in [1.165, 1.54) is 12.8 Å². The minimum absolute atomic E-state index is 0.126. The van der Waals surface area contributed by atoms with Crippen molar-refractivity contribution >= 4 is 0 Å². The molecule has 0 saturated carbocycles. The number of hydrogen-bond donors (Lipinski definition) is 0. The summed E-state index contributed by atoms with van der Waals surface area (Å²) in [5, 5.41) is 8.10. The Kier molecular flexibility index (Phi) is 2.59. The van der Waals surface area contributed by atoms with Gasteiger partial charge in [-0.15, -0.1) is 5.10 Å². The van der Waals surface area contributed by atoms with Crippen molar-refractivity contribution in [1.29, 1.82) is 0 Å². The van der Waals surface area contributed by atoms with Gasteiger partial charge in [-0.25, -0.2) is 4.68 Å². The molecule has 0 N–H and O–H groups in total. The number of ether oxygens (including phenoxy) is 1. The van der Waals surface area contributed by atoms with Crippen molar-refractivity contribution in [2.45, 2.75) is 38.8 Å². The van der Waals surface area contributed by atoms with Crippen molar-refractivity contribution in [2.75, 3.05) is 6.61 Å². The lowest BCUT2D eigenvalue weighted by atomic mass is 10.2. The van der Waals surface area contributed by atoms with Gasteiger partial charge in [-0.1, -0.05) is 12.1 Å². The second-order valence-electron chi connectivity index (χ2n) is 3.36. The molecule has 1 fully saturated rings. The quantitative estimate of drug-likeness (QED) is 0.694. The van der Waals surface area contributed by atoms with Crippen molar-refractivity contribution in [2.24, 2.45) is 0 Å². The van der Waals surface area contributed by atoms with Crippen molar-refractivity contribution in [3.05, 3.63) is 11.9 Å². The smallest absolute Gasteiger partial charge is 0.151 e. The molecule has 1 aromatic rings. The van der Waals surface area contributed by atoms with E-state index in [0.29, 0.717) is 0 Å². The molecular formula is C9H15N3O. The molecule has 0 unspecified atom stereocenters. The lowest BCUT2D eigenvalue weighted by Crippen LogP contribution is -2.18. The Bertz CT molecular complexity index is 266. The molecule has 0 aromatic carbocycles. The Morgan fingerprint density at radius 3 is 3.15 bits per heavy atom. The van der Waals surface area contributed by atoms with Crippen LogP contribution in [0.1, 0.15) is 38.1 Å². The topological polar surface area (TPSA) is 39.9 Å². The van der Waals surface area contributed by atoms with E-state index in [0.717, 1.165) is 25.1 Å². The summed E-state index contributed by atoms with van der Waals surface area (Å²) in [4.78, 5) is 0. The third-order valence-corrected chi connectivity index (χ3v) is 2.37. The molecule has 1 aromatic heterocycles. The van der Waals surface area contributed by atoms with Crippen molar-refractivity contribution < 1.29 is 4.74 Å². The minimum atomic E-state index is 0.126. The highest BCUT2D eigenvalue weighted by Gasteiger charge is 2.16. The molecule has 1 aliphatic rings. The van der Waals surface area contributed by atoms with Gasteiger partial charge in [0.05, 0.1) is 11.9 Å². The molecule has 1 atom stereocenters. The van der Waals surface area contributed by atoms with Gasteiger partial charge in [-0.2, -0.15) is 0 Å². The van der Waals surface area contributed by atoms with Crippen LogP contribution >= 0.6 is 0 Å². The Labute approximate surface area is 77.9 Å². The number of hydrogen-bond acceptors (Lipinski definition) is 3. The fraction of sp³-hybridized carbons (Fsp3) is 0.778. The van der Waals surface area contributed by atoms with Crippen molar-refractivity contribution in [3.63, 3.8) is 0 Å². The van der Waals surface area contributed by atoms with Gasteiger partial charge in [-0.05, 0) is 25.7 Å². The fourth-order valence-corrected chi connectivity index (χ4v) is 1.55. The third kappa shape index (κ3) is 1.88. The van der Waals surface area contributed by atoms with E-state index < -0.39 is 0 Å². The molecule has 2 rings (SSSR count). The Morgan fingerprint density at radius 1 is 1.62 bits per heavy atom. The fourth-order valence-electron chi connectivity index (χ4n) is 1.55. The van der Waals surface area contributed by atoms with E-state index in [1.54, 1.807) is 0 Å². The van der Waals surface area contributed by atoms with Crippen LogP contribution in [-0.4, -0.2) is 21.6 Å². The first-order valence-electron chi connectivity index (χ1n) is 4.92. The van der Waals surface area contributed by atoms with Crippen LogP contribution in [0.2, 0.25) is 0 Å². The maximum Gasteiger partial charge on any atom is 0.151 e. The zero-order valence-corrected chi connectivity index (χ0v) is 7.94. The highest BCUT2D eigenvalue weighted by atomic mass is 16.5. The summed E-state index contributed by atoms with van der Waals surface area (Å²) in [7, 11) is 0. The summed E-state index contributed by atoms with van der Waals surface area (Å²) in [6.07, 6.45) is 6.51. The van der Waals surface area contributed by atoms with Crippen molar-refractivity contribution in [1.82, 2.24) is 15.0 Å². The monoisotopic (exact) mass is 181 g/mol. The van der Waals surface area contributed by atoms with E-state index in [2.05, 4.69) is 17.2 Å². The van der Waals surface area contributed by atoms with Crippen molar-refractivity contribution in [3.8, 4) is 0 Å². The van der Waals surface area contributed by atoms with Crippen LogP contribution in [0.4, 0.5) is 0 Å². The van der Waals surface area contributed by atoms with Gasteiger partial charge in [0.1, 0.15) is 0 Å². The van der Waals surface area contributed by atoms with E-state index in [-0.39, 0.29) is 6.23 Å². The SMILES string of the molecule is CCc1cn([C@H]2CCCCO2)nn1. The molecule has 4 nitrogen and oxygen atoms in total. The van der Waals surface area contributed by atoms with E-state index in [1.807, 2.05) is 10.9 Å². The summed E-state index contributed by atoms with van der Waals surface area (Å²) in [5.41, 5.74) is 1.04. The van der Waals surface area contributed by atoms with E-state index >= 15 is 0 Å². The maximum absolute atomic E-state index is 5.58. The Morgan fingerprint density at radius 2 is 2.54 bits per heavy atom. The highest BCUT2D eigenvalue weighted by molar-refractivity contribution is 4.91. The summed E-state index contributed by atoms with van der Waals surface area (Å²) in [6.45, 7) is 2.93. The predicted molar refractivity (Wildman–Crippen MR) is 48.2 cm³/mol. The molecule has 0 aliphatic carbocycles. The molecule has 0 radical (unpaired) electrons. The number of aromatic nitrogens is 3. The highest BCUT2D eigenvalue weighted by Crippen LogP contribution is 2.21. The zero-order valence-electron chi connectivity index (χ0n) is 7.94. The normalized spacial score (nSPS) is 23.3. The van der Waals surface area contributed by atoms with Gasteiger partial charge in [0, 0.05) is 6.61 Å². The van der Waals surface area contributed by atoms with Gasteiger partial charge >= 0.3 is 0 Å². The molecule has 0 spiro atoms. The third-order valence-electron chi connectivity index (χ3n) is 2.37. The van der Waals surface area contributed by atoms with Gasteiger partial charge in [0.2, 0.25) is 0 Å². The summed E-state index contributed by atoms with van der Waals surface area (Å²) in [5.74, 6) is 0. The molecule has 2 heterocycles. The standard InChI is InChI=1S/C9H15N3O/c1-2-8-7-12(11-10-8)9-5-3-4-6-13-9/h7,9H,2-6H2,1H3/t9-/m1/s1. The van der Waals surface area contributed by atoms with Crippen LogP contribution in [0.25, 0.3) is 0 Å². The predicted octanol–water partition coefficient (Wildman–Crippen LogP) is 1.54. The average Bonchev–Trinajstić information content (AvgIpc) is 2.67. The molecular weight excluding hydrogens is 166 g/mol. The number of nitrogens with zero attached hydrogens (tertiary/aromatic N) is 3.